The topological polar surface area (TPSA) is 44.1 Å². The van der Waals surface area contributed by atoms with Crippen LogP contribution >= 0.6 is 0 Å². The molecule has 4 fully saturated rings. The van der Waals surface area contributed by atoms with Gasteiger partial charge in [-0.3, -0.25) is 4.79 Å². The first-order chi connectivity index (χ1) is 8.66. The minimum absolute atomic E-state index is 0.0531. The quantitative estimate of drug-likeness (QED) is 0.719. The summed E-state index contributed by atoms with van der Waals surface area (Å²) in [5, 5.41) is 9.04. The van der Waals surface area contributed by atoms with Gasteiger partial charge in [0.1, 0.15) is 6.54 Å². The van der Waals surface area contributed by atoms with Gasteiger partial charge in [-0.05, 0) is 56.3 Å². The zero-order valence-corrected chi connectivity index (χ0v) is 11.2. The molecule has 98 valence electrons. The molecule has 18 heavy (non-hydrogen) atoms. The number of amides is 1. The van der Waals surface area contributed by atoms with Crippen molar-refractivity contribution in [2.75, 3.05) is 6.54 Å². The molecule has 0 aromatic rings. The van der Waals surface area contributed by atoms with E-state index >= 15 is 0 Å². The zero-order valence-electron chi connectivity index (χ0n) is 11.2. The van der Waals surface area contributed by atoms with Gasteiger partial charge in [0.15, 0.2) is 0 Å². The first-order valence-electron chi connectivity index (χ1n) is 7.34. The van der Waals surface area contributed by atoms with Gasteiger partial charge in [-0.1, -0.05) is 6.92 Å². The largest absolute Gasteiger partial charge is 0.324 e. The molecule has 4 aliphatic rings. The third kappa shape index (κ3) is 1.74. The summed E-state index contributed by atoms with van der Waals surface area (Å²) in [7, 11) is 0. The molecule has 3 heteroatoms. The molecule has 0 N–H and O–H groups in total. The van der Waals surface area contributed by atoms with Crippen LogP contribution in [0.5, 0.6) is 0 Å². The standard InChI is InChI=1S/C15H22N2O/c1-2-14(18)17(4-3-16)15-8-11-5-12(9-15)7-13(6-11)10-15/h11-13H,2,4-10H2,1H3. The van der Waals surface area contributed by atoms with Gasteiger partial charge in [-0.15, -0.1) is 0 Å². The number of carbonyl (C=O) groups is 1. The summed E-state index contributed by atoms with van der Waals surface area (Å²) >= 11 is 0. The molecular weight excluding hydrogens is 224 g/mol. The highest BCUT2D eigenvalue weighted by Gasteiger charge is 2.54. The number of nitrogens with zero attached hydrogens (tertiary/aromatic N) is 2. The van der Waals surface area contributed by atoms with Crippen LogP contribution in [-0.2, 0) is 4.79 Å². The van der Waals surface area contributed by atoms with Crippen molar-refractivity contribution >= 4 is 5.91 Å². The smallest absolute Gasteiger partial charge is 0.223 e. The molecule has 0 saturated heterocycles. The van der Waals surface area contributed by atoms with Crippen molar-refractivity contribution in [1.29, 1.82) is 5.26 Å². The lowest BCUT2D eigenvalue weighted by Gasteiger charge is -2.60. The molecule has 1 amide bonds. The summed E-state index contributed by atoms with van der Waals surface area (Å²) in [6, 6.07) is 2.21. The minimum Gasteiger partial charge on any atom is -0.324 e. The Morgan fingerprint density at radius 1 is 1.22 bits per heavy atom. The fraction of sp³-hybridized carbons (Fsp3) is 0.867. The Balaban J connectivity index is 1.88. The van der Waals surface area contributed by atoms with Crippen molar-refractivity contribution < 1.29 is 4.79 Å². The Kier molecular flexibility index (Phi) is 2.84. The fourth-order valence-corrected chi connectivity index (χ4v) is 5.18. The van der Waals surface area contributed by atoms with Gasteiger partial charge in [0.25, 0.3) is 0 Å². The Morgan fingerprint density at radius 3 is 2.11 bits per heavy atom. The van der Waals surface area contributed by atoms with E-state index in [1.165, 1.54) is 19.3 Å². The highest BCUT2D eigenvalue weighted by atomic mass is 16.2. The Morgan fingerprint density at radius 2 is 1.72 bits per heavy atom. The third-order valence-electron chi connectivity index (χ3n) is 5.41. The van der Waals surface area contributed by atoms with Crippen LogP contribution in [0.25, 0.3) is 0 Å². The van der Waals surface area contributed by atoms with E-state index in [1.54, 1.807) is 0 Å². The van der Waals surface area contributed by atoms with Crippen LogP contribution in [0.1, 0.15) is 51.9 Å². The molecule has 0 unspecified atom stereocenters. The highest BCUT2D eigenvalue weighted by molar-refractivity contribution is 5.77. The second-order valence-electron chi connectivity index (χ2n) is 6.63. The van der Waals surface area contributed by atoms with Crippen LogP contribution < -0.4 is 0 Å². The number of nitriles is 1. The molecular formula is C15H22N2O. The van der Waals surface area contributed by atoms with Crippen LogP contribution in [0.3, 0.4) is 0 Å². The van der Waals surface area contributed by atoms with Crippen LogP contribution in [0.4, 0.5) is 0 Å². The van der Waals surface area contributed by atoms with Crippen molar-refractivity contribution in [3.05, 3.63) is 0 Å². The monoisotopic (exact) mass is 246 g/mol. The molecule has 0 aromatic heterocycles. The normalized spacial score (nSPS) is 40.6. The molecule has 0 atom stereocenters. The van der Waals surface area contributed by atoms with Gasteiger partial charge in [0, 0.05) is 12.0 Å². The van der Waals surface area contributed by atoms with Gasteiger partial charge in [0.2, 0.25) is 5.91 Å². The average Bonchev–Trinajstić information content (AvgIpc) is 2.33. The maximum absolute atomic E-state index is 12.2. The fourth-order valence-electron chi connectivity index (χ4n) is 5.18. The molecule has 0 aliphatic heterocycles. The predicted octanol–water partition coefficient (Wildman–Crippen LogP) is 2.72. The predicted molar refractivity (Wildman–Crippen MR) is 68.5 cm³/mol. The van der Waals surface area contributed by atoms with Crippen LogP contribution in [-0.4, -0.2) is 22.9 Å². The van der Waals surface area contributed by atoms with E-state index in [2.05, 4.69) is 6.07 Å². The lowest BCUT2D eigenvalue weighted by atomic mass is 9.52. The highest BCUT2D eigenvalue weighted by Crippen LogP contribution is 2.57. The first-order valence-corrected chi connectivity index (χ1v) is 7.34. The Bertz CT molecular complexity index is 361. The van der Waals surface area contributed by atoms with E-state index in [0.29, 0.717) is 13.0 Å². The van der Waals surface area contributed by atoms with Crippen LogP contribution in [0, 0.1) is 29.1 Å². The Hall–Kier alpha value is -1.04. The van der Waals surface area contributed by atoms with Crippen molar-refractivity contribution in [2.45, 2.75) is 57.4 Å². The maximum Gasteiger partial charge on any atom is 0.223 e. The molecule has 0 spiro atoms. The summed E-state index contributed by atoms with van der Waals surface area (Å²) < 4.78 is 0. The molecule has 4 saturated carbocycles. The van der Waals surface area contributed by atoms with Gasteiger partial charge in [-0.25, -0.2) is 0 Å². The third-order valence-corrected chi connectivity index (χ3v) is 5.41. The molecule has 4 bridgehead atoms. The summed E-state index contributed by atoms with van der Waals surface area (Å²) in [5.41, 5.74) is 0.0531. The molecule has 4 rings (SSSR count). The lowest BCUT2D eigenvalue weighted by Crippen LogP contribution is -2.61. The number of carbonyl (C=O) groups excluding carboxylic acids is 1. The van der Waals surface area contributed by atoms with E-state index < -0.39 is 0 Å². The lowest BCUT2D eigenvalue weighted by molar-refractivity contribution is -0.148. The van der Waals surface area contributed by atoms with Crippen LogP contribution in [0.15, 0.2) is 0 Å². The van der Waals surface area contributed by atoms with Crippen molar-refractivity contribution in [3.8, 4) is 6.07 Å². The van der Waals surface area contributed by atoms with Gasteiger partial charge >= 0.3 is 0 Å². The second kappa shape index (κ2) is 4.26. The minimum atomic E-state index is 0.0531. The maximum atomic E-state index is 12.2. The molecule has 0 radical (unpaired) electrons. The SMILES string of the molecule is CCC(=O)N(CC#N)C12CC3CC(CC(C3)C1)C2. The average molecular weight is 246 g/mol. The van der Waals surface area contributed by atoms with Crippen molar-refractivity contribution in [1.82, 2.24) is 4.90 Å². The molecule has 3 nitrogen and oxygen atoms in total. The second-order valence-corrected chi connectivity index (χ2v) is 6.63. The van der Waals surface area contributed by atoms with Gasteiger partial charge in [0.05, 0.1) is 6.07 Å². The zero-order chi connectivity index (χ0) is 12.8. The van der Waals surface area contributed by atoms with Crippen LogP contribution in [0.2, 0.25) is 0 Å². The summed E-state index contributed by atoms with van der Waals surface area (Å²) in [6.45, 7) is 2.20. The number of hydrogen-bond donors (Lipinski definition) is 0. The summed E-state index contributed by atoms with van der Waals surface area (Å²) in [6.07, 6.45) is 8.13. The van der Waals surface area contributed by atoms with E-state index in [1.807, 2.05) is 11.8 Å². The summed E-state index contributed by atoms with van der Waals surface area (Å²) in [4.78, 5) is 14.1. The van der Waals surface area contributed by atoms with Crippen molar-refractivity contribution in [3.63, 3.8) is 0 Å². The first kappa shape index (κ1) is 12.0. The summed E-state index contributed by atoms with van der Waals surface area (Å²) in [5.74, 6) is 2.64. The Labute approximate surface area is 109 Å². The van der Waals surface area contributed by atoms with Crippen molar-refractivity contribution in [2.24, 2.45) is 17.8 Å². The van der Waals surface area contributed by atoms with E-state index in [9.17, 15) is 4.79 Å². The molecule has 4 aliphatic carbocycles. The van der Waals surface area contributed by atoms with E-state index in [4.69, 9.17) is 5.26 Å². The molecule has 0 heterocycles. The number of hydrogen-bond acceptors (Lipinski definition) is 2. The van der Waals surface area contributed by atoms with E-state index in [0.717, 1.165) is 37.0 Å². The molecule has 0 aromatic carbocycles. The van der Waals surface area contributed by atoms with E-state index in [-0.39, 0.29) is 11.4 Å². The van der Waals surface area contributed by atoms with Gasteiger partial charge < -0.3 is 4.90 Å². The van der Waals surface area contributed by atoms with Gasteiger partial charge in [-0.2, -0.15) is 5.26 Å². The number of rotatable bonds is 3.